The monoisotopic (exact) mass is 405 g/mol. The zero-order valence-electron chi connectivity index (χ0n) is 12.9. The van der Waals surface area contributed by atoms with Crippen molar-refractivity contribution in [2.45, 2.75) is 49.2 Å². The molecular weight excluding hydrogens is 390 g/mol. The van der Waals surface area contributed by atoms with E-state index in [1.165, 1.54) is 6.92 Å². The molecule has 0 radical (unpaired) electrons. The number of ether oxygens (including phenoxy) is 2. The summed E-state index contributed by atoms with van der Waals surface area (Å²) in [6.45, 7) is 2.17. The molecule has 132 valence electrons. The van der Waals surface area contributed by atoms with Crippen LogP contribution in [0.4, 0.5) is 4.79 Å². The summed E-state index contributed by atoms with van der Waals surface area (Å²) >= 11 is 3.18. The second-order valence-corrected chi connectivity index (χ2v) is 7.17. The highest BCUT2D eigenvalue weighted by atomic mass is 79.9. The Hall–Kier alpha value is -1.88. The Labute approximate surface area is 145 Å². The molecule has 0 aromatic carbocycles. The standard InChI is InChI=1S/C12H16BrN5O6/c1-5(20)23-10-12(2,13)9(21)15-11(22)18(10)8-3-6(16-17-14)7(4-19)24-8/h6-8,10,19H,3-4H2,1-2H3,(H,15,21,22). The third-order valence-electron chi connectivity index (χ3n) is 3.79. The second-order valence-electron chi connectivity index (χ2n) is 5.52. The highest BCUT2D eigenvalue weighted by molar-refractivity contribution is 9.10. The van der Waals surface area contributed by atoms with Gasteiger partial charge in [-0.3, -0.25) is 19.8 Å². The summed E-state index contributed by atoms with van der Waals surface area (Å²) in [6.07, 6.45) is -2.95. The SMILES string of the molecule is CC(=O)OC1N(C2CC(N=[N+]=[N-])C(CO)O2)C(=O)NC(=O)C1(C)Br. The molecule has 2 fully saturated rings. The van der Waals surface area contributed by atoms with Crippen molar-refractivity contribution in [3.8, 4) is 0 Å². The zero-order chi connectivity index (χ0) is 18.1. The minimum Gasteiger partial charge on any atom is -0.439 e. The molecule has 5 unspecified atom stereocenters. The molecule has 0 bridgehead atoms. The number of urea groups is 1. The van der Waals surface area contributed by atoms with Gasteiger partial charge in [0.25, 0.3) is 0 Å². The molecule has 12 heteroatoms. The van der Waals surface area contributed by atoms with Crippen LogP contribution in [0.1, 0.15) is 20.3 Å². The van der Waals surface area contributed by atoms with Crippen molar-refractivity contribution in [1.82, 2.24) is 10.2 Å². The van der Waals surface area contributed by atoms with Crippen LogP contribution >= 0.6 is 15.9 Å². The van der Waals surface area contributed by atoms with Crippen LogP contribution in [0.2, 0.25) is 0 Å². The largest absolute Gasteiger partial charge is 0.439 e. The van der Waals surface area contributed by atoms with E-state index in [-0.39, 0.29) is 6.42 Å². The van der Waals surface area contributed by atoms with E-state index in [0.717, 1.165) is 11.8 Å². The number of imide groups is 1. The van der Waals surface area contributed by atoms with E-state index < -0.39 is 53.4 Å². The maximum atomic E-state index is 12.3. The number of azide groups is 1. The molecule has 2 N–H and O–H groups in total. The lowest BCUT2D eigenvalue weighted by Crippen LogP contribution is -2.69. The Kier molecular flexibility index (Phi) is 5.33. The predicted molar refractivity (Wildman–Crippen MR) is 81.6 cm³/mol. The quantitative estimate of drug-likeness (QED) is 0.226. The first-order chi connectivity index (χ1) is 11.2. The highest BCUT2D eigenvalue weighted by Gasteiger charge is 2.55. The molecule has 2 heterocycles. The number of aliphatic hydroxyl groups is 1. The Morgan fingerprint density at radius 2 is 2.33 bits per heavy atom. The molecule has 2 rings (SSSR count). The Morgan fingerprint density at radius 3 is 2.88 bits per heavy atom. The summed E-state index contributed by atoms with van der Waals surface area (Å²) in [5.74, 6) is -1.36. The van der Waals surface area contributed by atoms with Gasteiger partial charge in [0.15, 0.2) is 4.32 Å². The van der Waals surface area contributed by atoms with Gasteiger partial charge in [0, 0.05) is 18.3 Å². The average Bonchev–Trinajstić information content (AvgIpc) is 2.88. The number of halogens is 1. The van der Waals surface area contributed by atoms with E-state index in [1.807, 2.05) is 0 Å². The number of nitrogens with one attached hydrogen (secondary N) is 1. The van der Waals surface area contributed by atoms with Crippen LogP contribution in [0.5, 0.6) is 0 Å². The maximum Gasteiger partial charge on any atom is 0.329 e. The van der Waals surface area contributed by atoms with Gasteiger partial charge in [-0.1, -0.05) is 21.0 Å². The van der Waals surface area contributed by atoms with Gasteiger partial charge in [0.2, 0.25) is 12.1 Å². The minimum absolute atomic E-state index is 0.0811. The molecule has 0 aliphatic carbocycles. The van der Waals surface area contributed by atoms with E-state index in [2.05, 4.69) is 31.3 Å². The van der Waals surface area contributed by atoms with Crippen molar-refractivity contribution in [2.75, 3.05) is 6.61 Å². The van der Waals surface area contributed by atoms with Gasteiger partial charge >= 0.3 is 12.0 Å². The molecule has 3 amide bonds. The molecule has 0 spiro atoms. The first-order valence-corrected chi connectivity index (χ1v) is 7.82. The topological polar surface area (TPSA) is 154 Å². The average molecular weight is 406 g/mol. The first kappa shape index (κ1) is 18.5. The van der Waals surface area contributed by atoms with Crippen LogP contribution in [0.3, 0.4) is 0 Å². The summed E-state index contributed by atoms with van der Waals surface area (Å²) in [4.78, 5) is 39.4. The van der Waals surface area contributed by atoms with E-state index in [4.69, 9.17) is 15.0 Å². The molecule has 24 heavy (non-hydrogen) atoms. The van der Waals surface area contributed by atoms with Gasteiger partial charge in [0.1, 0.15) is 6.23 Å². The number of nitrogens with zero attached hydrogens (tertiary/aromatic N) is 4. The third-order valence-corrected chi connectivity index (χ3v) is 4.54. The lowest BCUT2D eigenvalue weighted by molar-refractivity contribution is -0.175. The smallest absolute Gasteiger partial charge is 0.329 e. The lowest BCUT2D eigenvalue weighted by Gasteiger charge is -2.44. The number of esters is 1. The maximum absolute atomic E-state index is 12.3. The van der Waals surface area contributed by atoms with E-state index in [1.54, 1.807) is 0 Å². The Bertz CT molecular complexity index is 607. The van der Waals surface area contributed by atoms with Crippen LogP contribution in [-0.2, 0) is 19.1 Å². The summed E-state index contributed by atoms with van der Waals surface area (Å²) in [5.41, 5.74) is 8.58. The van der Waals surface area contributed by atoms with Crippen molar-refractivity contribution in [1.29, 1.82) is 0 Å². The van der Waals surface area contributed by atoms with Crippen molar-refractivity contribution in [2.24, 2.45) is 5.11 Å². The summed E-state index contributed by atoms with van der Waals surface area (Å²) < 4.78 is 9.30. The van der Waals surface area contributed by atoms with E-state index >= 15 is 0 Å². The molecule has 2 saturated heterocycles. The number of hydrogen-bond donors (Lipinski definition) is 2. The van der Waals surface area contributed by atoms with Gasteiger partial charge in [0.05, 0.1) is 18.8 Å². The van der Waals surface area contributed by atoms with Gasteiger partial charge in [-0.15, -0.1) is 0 Å². The molecule has 2 aliphatic rings. The van der Waals surface area contributed by atoms with Crippen molar-refractivity contribution in [3.05, 3.63) is 10.4 Å². The predicted octanol–water partition coefficient (Wildman–Crippen LogP) is 0.367. The van der Waals surface area contributed by atoms with Crippen molar-refractivity contribution in [3.63, 3.8) is 0 Å². The fraction of sp³-hybridized carbons (Fsp3) is 0.750. The second kappa shape index (κ2) is 6.93. The fourth-order valence-corrected chi connectivity index (χ4v) is 3.02. The molecule has 0 aromatic heterocycles. The number of amides is 3. The minimum atomic E-state index is -1.40. The van der Waals surface area contributed by atoms with E-state index in [9.17, 15) is 19.5 Å². The molecule has 0 aromatic rings. The summed E-state index contributed by atoms with van der Waals surface area (Å²) in [6, 6.07) is -1.51. The first-order valence-electron chi connectivity index (χ1n) is 7.02. The van der Waals surface area contributed by atoms with Crippen LogP contribution in [-0.4, -0.2) is 63.4 Å². The fourth-order valence-electron chi connectivity index (χ4n) is 2.61. The zero-order valence-corrected chi connectivity index (χ0v) is 14.5. The number of alkyl halides is 1. The normalized spacial score (nSPS) is 36.1. The molecule has 5 atom stereocenters. The van der Waals surface area contributed by atoms with Crippen molar-refractivity contribution >= 4 is 33.8 Å². The van der Waals surface area contributed by atoms with Crippen LogP contribution in [0.25, 0.3) is 10.4 Å². The summed E-state index contributed by atoms with van der Waals surface area (Å²) in [7, 11) is 0. The Balaban J connectivity index is 2.34. The highest BCUT2D eigenvalue weighted by Crippen LogP contribution is 2.36. The van der Waals surface area contributed by atoms with Gasteiger partial charge < -0.3 is 14.6 Å². The molecule has 11 nitrogen and oxygen atoms in total. The van der Waals surface area contributed by atoms with Crippen LogP contribution < -0.4 is 5.32 Å². The molecular formula is C12H16BrN5O6. The number of hydrogen-bond acceptors (Lipinski definition) is 7. The van der Waals surface area contributed by atoms with Crippen LogP contribution in [0.15, 0.2) is 5.11 Å². The number of carbonyl (C=O) groups excluding carboxylic acids is 3. The van der Waals surface area contributed by atoms with Gasteiger partial charge in [-0.05, 0) is 12.5 Å². The molecule has 0 saturated carbocycles. The number of aliphatic hydroxyl groups excluding tert-OH is 1. The molecule has 2 aliphatic heterocycles. The van der Waals surface area contributed by atoms with Gasteiger partial charge in [-0.25, -0.2) is 4.79 Å². The van der Waals surface area contributed by atoms with Crippen molar-refractivity contribution < 1.29 is 29.0 Å². The van der Waals surface area contributed by atoms with Crippen LogP contribution in [0, 0.1) is 0 Å². The third kappa shape index (κ3) is 3.31. The number of rotatable bonds is 4. The van der Waals surface area contributed by atoms with Gasteiger partial charge in [-0.2, -0.15) is 0 Å². The Morgan fingerprint density at radius 1 is 1.67 bits per heavy atom. The number of carbonyl (C=O) groups is 3. The van der Waals surface area contributed by atoms with E-state index in [0.29, 0.717) is 0 Å². The lowest BCUT2D eigenvalue weighted by atomic mass is 10.0. The summed E-state index contributed by atoms with van der Waals surface area (Å²) in [5, 5.41) is 15.0.